The number of nitrogen functional groups attached to an aromatic ring is 1. The summed E-state index contributed by atoms with van der Waals surface area (Å²) in [5.41, 5.74) is 10.8. The topological polar surface area (TPSA) is 111 Å². The van der Waals surface area contributed by atoms with E-state index in [1.165, 1.54) is 6.33 Å². The van der Waals surface area contributed by atoms with E-state index in [1.807, 2.05) is 55.5 Å². The molecule has 0 bridgehead atoms. The van der Waals surface area contributed by atoms with Crippen molar-refractivity contribution in [3.8, 4) is 17.0 Å². The van der Waals surface area contributed by atoms with Crippen molar-refractivity contribution in [3.05, 3.63) is 66.0 Å². The van der Waals surface area contributed by atoms with Crippen molar-refractivity contribution in [2.75, 3.05) is 5.73 Å². The van der Waals surface area contributed by atoms with Crippen LogP contribution in [0, 0.1) is 0 Å². The smallest absolute Gasteiger partial charge is 0.307 e. The Bertz CT molecular complexity index is 1060. The number of benzene rings is 2. The molecule has 0 spiro atoms. The van der Waals surface area contributed by atoms with Crippen LogP contribution in [0.1, 0.15) is 18.1 Å². The van der Waals surface area contributed by atoms with E-state index in [9.17, 15) is 4.79 Å². The van der Waals surface area contributed by atoms with Crippen LogP contribution in [0.4, 0.5) is 11.5 Å². The van der Waals surface area contributed by atoms with Crippen LogP contribution in [-0.2, 0) is 11.2 Å². The lowest BCUT2D eigenvalue weighted by atomic mass is 9.99. The molecule has 28 heavy (non-hydrogen) atoms. The Morgan fingerprint density at radius 1 is 1.04 bits per heavy atom. The molecule has 0 radical (unpaired) electrons. The average molecular weight is 374 g/mol. The van der Waals surface area contributed by atoms with Crippen LogP contribution in [0.2, 0.25) is 0 Å². The Hall–Kier alpha value is -3.74. The number of anilines is 1. The summed E-state index contributed by atoms with van der Waals surface area (Å²) in [6.45, 7) is 1.91. The zero-order valence-electron chi connectivity index (χ0n) is 15.2. The zero-order valence-corrected chi connectivity index (χ0v) is 15.2. The third kappa shape index (κ3) is 3.42. The molecule has 0 amide bonds. The van der Waals surface area contributed by atoms with Gasteiger partial charge in [-0.1, -0.05) is 48.5 Å². The Balaban J connectivity index is 1.61. The summed E-state index contributed by atoms with van der Waals surface area (Å²) in [5.74, 6) is -0.163. The van der Waals surface area contributed by atoms with Gasteiger partial charge in [0.2, 0.25) is 5.88 Å². The lowest BCUT2D eigenvalue weighted by molar-refractivity contribution is -0.136. The highest BCUT2D eigenvalue weighted by Crippen LogP contribution is 2.35. The highest BCUT2D eigenvalue weighted by Gasteiger charge is 2.24. The summed E-state index contributed by atoms with van der Waals surface area (Å²) in [7, 11) is 0. The summed E-state index contributed by atoms with van der Waals surface area (Å²) in [6.07, 6.45) is 1.12. The molecular formula is C21H18N4O3. The minimum Gasteiger partial charge on any atom is -0.481 e. The van der Waals surface area contributed by atoms with Gasteiger partial charge in [-0.25, -0.2) is 9.98 Å². The maximum absolute atomic E-state index is 10.8. The lowest BCUT2D eigenvalue weighted by Gasteiger charge is -2.23. The minimum atomic E-state index is -0.839. The first kappa shape index (κ1) is 17.7. The van der Waals surface area contributed by atoms with Crippen molar-refractivity contribution in [1.29, 1.82) is 0 Å². The predicted molar refractivity (Wildman–Crippen MR) is 106 cm³/mol. The van der Waals surface area contributed by atoms with Crippen LogP contribution >= 0.6 is 0 Å². The van der Waals surface area contributed by atoms with Gasteiger partial charge in [0.25, 0.3) is 0 Å². The number of aromatic nitrogens is 2. The molecule has 1 atom stereocenters. The third-order valence-electron chi connectivity index (χ3n) is 4.55. The first-order valence-corrected chi connectivity index (χ1v) is 8.78. The number of nitrogens with zero attached hydrogens (tertiary/aromatic N) is 3. The molecule has 1 aromatic heterocycles. The fourth-order valence-corrected chi connectivity index (χ4v) is 3.12. The summed E-state index contributed by atoms with van der Waals surface area (Å²) >= 11 is 0. The van der Waals surface area contributed by atoms with E-state index >= 15 is 0 Å². The monoisotopic (exact) mass is 374 g/mol. The van der Waals surface area contributed by atoms with E-state index in [1.54, 1.807) is 0 Å². The molecule has 7 heteroatoms. The third-order valence-corrected chi connectivity index (χ3v) is 4.55. The van der Waals surface area contributed by atoms with Gasteiger partial charge >= 0.3 is 5.97 Å². The van der Waals surface area contributed by atoms with E-state index in [0.29, 0.717) is 11.6 Å². The number of carboxylic acid groups (broad SMARTS) is 1. The molecule has 0 saturated carbocycles. The number of hydrogen-bond donors (Lipinski definition) is 2. The highest BCUT2D eigenvalue weighted by molar-refractivity contribution is 6.07. The average Bonchev–Trinajstić information content (AvgIpc) is 2.68. The molecule has 0 fully saturated rings. The normalized spacial score (nSPS) is 15.3. The Kier molecular flexibility index (Phi) is 4.49. The number of rotatable bonds is 4. The van der Waals surface area contributed by atoms with Crippen molar-refractivity contribution >= 4 is 23.2 Å². The van der Waals surface area contributed by atoms with Gasteiger partial charge in [-0.3, -0.25) is 4.79 Å². The molecule has 2 aromatic carbocycles. The highest BCUT2D eigenvalue weighted by atomic mass is 16.5. The van der Waals surface area contributed by atoms with Gasteiger partial charge in [-0.05, 0) is 29.2 Å². The fraction of sp³-hybridized carbons (Fsp3) is 0.143. The second-order valence-corrected chi connectivity index (χ2v) is 6.51. The van der Waals surface area contributed by atoms with Crippen LogP contribution in [0.25, 0.3) is 11.1 Å². The van der Waals surface area contributed by atoms with Crippen LogP contribution in [0.15, 0.2) is 59.9 Å². The quantitative estimate of drug-likeness (QED) is 0.725. The summed E-state index contributed by atoms with van der Waals surface area (Å²) in [4.78, 5) is 23.5. The Morgan fingerprint density at radius 2 is 1.64 bits per heavy atom. The van der Waals surface area contributed by atoms with Gasteiger partial charge in [-0.15, -0.1) is 0 Å². The molecule has 1 unspecified atom stereocenters. The molecule has 0 saturated heterocycles. The van der Waals surface area contributed by atoms with E-state index in [2.05, 4.69) is 15.0 Å². The molecule has 140 valence electrons. The van der Waals surface area contributed by atoms with Gasteiger partial charge in [0, 0.05) is 0 Å². The number of nitrogens with two attached hydrogens (primary N) is 1. The number of carbonyl (C=O) groups is 1. The van der Waals surface area contributed by atoms with Gasteiger partial charge in [0.15, 0.2) is 11.5 Å². The Morgan fingerprint density at radius 3 is 2.29 bits per heavy atom. The van der Waals surface area contributed by atoms with Gasteiger partial charge in [0.1, 0.15) is 12.4 Å². The maximum atomic E-state index is 10.8. The number of aliphatic imine (C=N–C) groups is 1. The first-order valence-electron chi connectivity index (χ1n) is 8.78. The number of aliphatic carboxylic acids is 1. The van der Waals surface area contributed by atoms with Crippen molar-refractivity contribution in [2.24, 2.45) is 4.99 Å². The molecule has 0 aliphatic carbocycles. The second kappa shape index (κ2) is 7.11. The predicted octanol–water partition coefficient (Wildman–Crippen LogP) is 3.25. The molecule has 3 aromatic rings. The molecule has 4 rings (SSSR count). The standard InChI is InChI=1S/C21H18N4O3/c1-12-18(25-19-20(22)23-11-24-21(19)28-12)16-8-6-15(7-9-16)14-4-2-13(3-5-14)10-17(26)27/h2-9,11-12H,10H2,1H3,(H,26,27)(H2,22,23,24). The number of ether oxygens (including phenoxy) is 1. The van der Waals surface area contributed by atoms with Crippen molar-refractivity contribution in [1.82, 2.24) is 9.97 Å². The lowest BCUT2D eigenvalue weighted by Crippen LogP contribution is -2.28. The van der Waals surface area contributed by atoms with Gasteiger partial charge < -0.3 is 15.6 Å². The molecule has 7 nitrogen and oxygen atoms in total. The summed E-state index contributed by atoms with van der Waals surface area (Å²) in [6, 6.07) is 15.5. The van der Waals surface area contributed by atoms with Crippen LogP contribution in [-0.4, -0.2) is 32.9 Å². The largest absolute Gasteiger partial charge is 0.481 e. The van der Waals surface area contributed by atoms with Crippen molar-refractivity contribution < 1.29 is 14.6 Å². The molecular weight excluding hydrogens is 356 g/mol. The number of fused-ring (bicyclic) bond motifs is 1. The number of carboxylic acids is 1. The van der Waals surface area contributed by atoms with E-state index in [0.717, 1.165) is 28.0 Å². The fourth-order valence-electron chi connectivity index (χ4n) is 3.12. The SMILES string of the molecule is CC1Oc2ncnc(N)c2N=C1c1ccc(-c2ccc(CC(=O)O)cc2)cc1. The minimum absolute atomic E-state index is 0.0191. The first-order chi connectivity index (χ1) is 13.5. The Labute approximate surface area is 161 Å². The van der Waals surface area contributed by atoms with Crippen molar-refractivity contribution in [2.45, 2.75) is 19.4 Å². The second-order valence-electron chi connectivity index (χ2n) is 6.51. The maximum Gasteiger partial charge on any atom is 0.307 e. The zero-order chi connectivity index (χ0) is 19.7. The molecule has 1 aliphatic rings. The summed E-state index contributed by atoms with van der Waals surface area (Å²) in [5, 5.41) is 8.87. The number of hydrogen-bond acceptors (Lipinski definition) is 6. The van der Waals surface area contributed by atoms with E-state index in [-0.39, 0.29) is 18.3 Å². The molecule has 1 aliphatic heterocycles. The van der Waals surface area contributed by atoms with Gasteiger partial charge in [-0.2, -0.15) is 4.98 Å². The van der Waals surface area contributed by atoms with E-state index < -0.39 is 5.97 Å². The van der Waals surface area contributed by atoms with E-state index in [4.69, 9.17) is 15.6 Å². The van der Waals surface area contributed by atoms with Crippen LogP contribution < -0.4 is 10.5 Å². The molecule has 3 N–H and O–H groups in total. The van der Waals surface area contributed by atoms with Crippen molar-refractivity contribution in [3.63, 3.8) is 0 Å². The summed E-state index contributed by atoms with van der Waals surface area (Å²) < 4.78 is 5.83. The van der Waals surface area contributed by atoms with Crippen LogP contribution in [0.3, 0.4) is 0 Å². The molecule has 2 heterocycles. The van der Waals surface area contributed by atoms with Gasteiger partial charge in [0.05, 0.1) is 12.1 Å². The van der Waals surface area contributed by atoms with Crippen LogP contribution in [0.5, 0.6) is 5.88 Å².